The zero-order valence-electron chi connectivity index (χ0n) is 12.4. The topological polar surface area (TPSA) is 58.4 Å². The van der Waals surface area contributed by atoms with Crippen LogP contribution in [-0.4, -0.2) is 19.0 Å². The van der Waals surface area contributed by atoms with Crippen molar-refractivity contribution < 1.29 is 4.79 Å². The fourth-order valence-corrected chi connectivity index (χ4v) is 2.03. The molecule has 2 aromatic carbocycles. The Balaban J connectivity index is 2.01. The van der Waals surface area contributed by atoms with E-state index in [9.17, 15) is 4.79 Å². The Morgan fingerprint density at radius 2 is 1.76 bits per heavy atom. The highest BCUT2D eigenvalue weighted by atomic mass is 16.2. The van der Waals surface area contributed by atoms with Gasteiger partial charge in [-0.1, -0.05) is 30.3 Å². The van der Waals surface area contributed by atoms with Gasteiger partial charge in [0.05, 0.1) is 0 Å². The smallest absolute Gasteiger partial charge is 0.246 e. The van der Waals surface area contributed by atoms with Crippen LogP contribution in [0.1, 0.15) is 12.5 Å². The van der Waals surface area contributed by atoms with Gasteiger partial charge < -0.3 is 16.0 Å². The Labute approximate surface area is 125 Å². The van der Waals surface area contributed by atoms with Gasteiger partial charge in [0.2, 0.25) is 5.91 Å². The summed E-state index contributed by atoms with van der Waals surface area (Å²) in [5.74, 6) is -0.0400. The maximum atomic E-state index is 12.3. The van der Waals surface area contributed by atoms with Gasteiger partial charge in [-0.15, -0.1) is 0 Å². The molecule has 110 valence electrons. The van der Waals surface area contributed by atoms with Gasteiger partial charge in [-0.3, -0.25) is 4.79 Å². The Kier molecular flexibility index (Phi) is 4.95. The molecule has 0 aliphatic rings. The second-order valence-electron chi connectivity index (χ2n) is 5.01. The van der Waals surface area contributed by atoms with Crippen molar-refractivity contribution in [2.75, 3.05) is 17.3 Å². The molecule has 4 nitrogen and oxygen atoms in total. The largest absolute Gasteiger partial charge is 0.363 e. The van der Waals surface area contributed by atoms with Gasteiger partial charge in [0.15, 0.2) is 0 Å². The molecule has 2 rings (SSSR count). The van der Waals surface area contributed by atoms with E-state index in [1.165, 1.54) is 0 Å². The fraction of sp³-hybridized carbons (Fsp3) is 0.235. The second-order valence-corrected chi connectivity index (χ2v) is 5.01. The molecule has 1 amide bonds. The van der Waals surface area contributed by atoms with Crippen LogP contribution in [0.2, 0.25) is 0 Å². The molecule has 0 fully saturated rings. The molecule has 0 bridgehead atoms. The molecular weight excluding hydrogens is 262 g/mol. The summed E-state index contributed by atoms with van der Waals surface area (Å²) in [5, 5.41) is 2.92. The summed E-state index contributed by atoms with van der Waals surface area (Å²) in [6.45, 7) is 2.39. The molecule has 0 aromatic heterocycles. The first kappa shape index (κ1) is 15.1. The SMILES string of the molecule is CC(C(=O)Nc1ccc(CN)cc1)N(C)c1ccccc1. The highest BCUT2D eigenvalue weighted by Crippen LogP contribution is 2.16. The number of nitrogens with two attached hydrogens (primary N) is 1. The van der Waals surface area contributed by atoms with Crippen molar-refractivity contribution in [3.05, 3.63) is 60.2 Å². The van der Waals surface area contributed by atoms with Crippen LogP contribution < -0.4 is 16.0 Å². The maximum Gasteiger partial charge on any atom is 0.246 e. The van der Waals surface area contributed by atoms with Crippen molar-refractivity contribution >= 4 is 17.3 Å². The molecule has 0 aliphatic carbocycles. The molecule has 0 saturated heterocycles. The van der Waals surface area contributed by atoms with Crippen LogP contribution >= 0.6 is 0 Å². The number of para-hydroxylation sites is 1. The van der Waals surface area contributed by atoms with E-state index in [0.29, 0.717) is 6.54 Å². The normalized spacial score (nSPS) is 11.8. The number of likely N-dealkylation sites (N-methyl/N-ethyl adjacent to an activating group) is 1. The van der Waals surface area contributed by atoms with E-state index in [2.05, 4.69) is 5.32 Å². The number of nitrogens with zero attached hydrogens (tertiary/aromatic N) is 1. The first-order valence-corrected chi connectivity index (χ1v) is 6.99. The van der Waals surface area contributed by atoms with Crippen LogP contribution in [0.25, 0.3) is 0 Å². The van der Waals surface area contributed by atoms with E-state index in [-0.39, 0.29) is 11.9 Å². The minimum absolute atomic E-state index is 0.0400. The molecule has 3 N–H and O–H groups in total. The highest BCUT2D eigenvalue weighted by Gasteiger charge is 2.18. The van der Waals surface area contributed by atoms with E-state index in [4.69, 9.17) is 5.73 Å². The van der Waals surface area contributed by atoms with Crippen LogP contribution in [0, 0.1) is 0 Å². The maximum absolute atomic E-state index is 12.3. The molecule has 0 aliphatic heterocycles. The number of carbonyl (C=O) groups is 1. The Bertz CT molecular complexity index is 581. The lowest BCUT2D eigenvalue weighted by Crippen LogP contribution is -2.39. The molecule has 0 heterocycles. The standard InChI is InChI=1S/C17H21N3O/c1-13(20(2)16-6-4-3-5-7-16)17(21)19-15-10-8-14(12-18)9-11-15/h3-11,13H,12,18H2,1-2H3,(H,19,21). The van der Waals surface area contributed by atoms with E-state index < -0.39 is 0 Å². The molecule has 1 atom stereocenters. The molecule has 1 unspecified atom stereocenters. The van der Waals surface area contributed by atoms with Gasteiger partial charge in [0.25, 0.3) is 0 Å². The van der Waals surface area contributed by atoms with Crippen LogP contribution in [0.15, 0.2) is 54.6 Å². The summed E-state index contributed by atoms with van der Waals surface area (Å²) in [6, 6.07) is 17.2. The predicted molar refractivity (Wildman–Crippen MR) is 87.3 cm³/mol. The third-order valence-electron chi connectivity index (χ3n) is 3.58. The summed E-state index contributed by atoms with van der Waals surface area (Å²) >= 11 is 0. The zero-order valence-corrected chi connectivity index (χ0v) is 12.4. The van der Waals surface area contributed by atoms with E-state index in [1.54, 1.807) is 0 Å². The second kappa shape index (κ2) is 6.90. The van der Waals surface area contributed by atoms with Gasteiger partial charge in [0, 0.05) is 25.0 Å². The van der Waals surface area contributed by atoms with Crippen LogP contribution in [-0.2, 0) is 11.3 Å². The van der Waals surface area contributed by atoms with Crippen molar-refractivity contribution in [3.63, 3.8) is 0 Å². The number of hydrogen-bond donors (Lipinski definition) is 2. The van der Waals surface area contributed by atoms with Gasteiger partial charge >= 0.3 is 0 Å². The predicted octanol–water partition coefficient (Wildman–Crippen LogP) is 2.61. The Hall–Kier alpha value is -2.33. The van der Waals surface area contributed by atoms with Crippen molar-refractivity contribution in [1.82, 2.24) is 0 Å². The lowest BCUT2D eigenvalue weighted by Gasteiger charge is -2.26. The van der Waals surface area contributed by atoms with E-state index in [0.717, 1.165) is 16.9 Å². The molecular formula is C17H21N3O. The lowest BCUT2D eigenvalue weighted by atomic mass is 10.2. The third kappa shape index (κ3) is 3.83. The van der Waals surface area contributed by atoms with Gasteiger partial charge in [-0.05, 0) is 36.8 Å². The highest BCUT2D eigenvalue weighted by molar-refractivity contribution is 5.96. The number of rotatable bonds is 5. The average Bonchev–Trinajstić information content (AvgIpc) is 2.55. The number of amides is 1. The Morgan fingerprint density at radius 1 is 1.14 bits per heavy atom. The Morgan fingerprint density at radius 3 is 2.33 bits per heavy atom. The first-order valence-electron chi connectivity index (χ1n) is 6.99. The van der Waals surface area contributed by atoms with Crippen LogP contribution in [0.3, 0.4) is 0 Å². The number of nitrogens with one attached hydrogen (secondary N) is 1. The monoisotopic (exact) mass is 283 g/mol. The number of carbonyl (C=O) groups excluding carboxylic acids is 1. The fourth-order valence-electron chi connectivity index (χ4n) is 2.03. The van der Waals surface area contributed by atoms with Crippen LogP contribution in [0.4, 0.5) is 11.4 Å². The molecule has 0 spiro atoms. The molecule has 2 aromatic rings. The number of hydrogen-bond acceptors (Lipinski definition) is 3. The average molecular weight is 283 g/mol. The first-order chi connectivity index (χ1) is 10.1. The summed E-state index contributed by atoms with van der Waals surface area (Å²) in [4.78, 5) is 14.3. The van der Waals surface area contributed by atoms with E-state index in [1.807, 2.05) is 73.5 Å². The quantitative estimate of drug-likeness (QED) is 0.887. The third-order valence-corrected chi connectivity index (χ3v) is 3.58. The lowest BCUT2D eigenvalue weighted by molar-refractivity contribution is -0.117. The molecule has 4 heteroatoms. The van der Waals surface area contributed by atoms with Crippen LogP contribution in [0.5, 0.6) is 0 Å². The summed E-state index contributed by atoms with van der Waals surface area (Å²) in [7, 11) is 1.91. The van der Waals surface area contributed by atoms with Crippen molar-refractivity contribution in [3.8, 4) is 0 Å². The molecule has 0 saturated carbocycles. The number of anilines is 2. The zero-order chi connectivity index (χ0) is 15.2. The van der Waals surface area contributed by atoms with Gasteiger partial charge in [-0.2, -0.15) is 0 Å². The summed E-state index contributed by atoms with van der Waals surface area (Å²) in [5.41, 5.74) is 8.40. The van der Waals surface area contributed by atoms with Gasteiger partial charge in [-0.25, -0.2) is 0 Å². The molecule has 0 radical (unpaired) electrons. The summed E-state index contributed by atoms with van der Waals surface area (Å²) < 4.78 is 0. The minimum Gasteiger partial charge on any atom is -0.363 e. The van der Waals surface area contributed by atoms with Crippen molar-refractivity contribution in [2.24, 2.45) is 5.73 Å². The van der Waals surface area contributed by atoms with Gasteiger partial charge in [0.1, 0.15) is 6.04 Å². The van der Waals surface area contributed by atoms with E-state index >= 15 is 0 Å². The number of benzene rings is 2. The van der Waals surface area contributed by atoms with Crippen molar-refractivity contribution in [1.29, 1.82) is 0 Å². The summed E-state index contributed by atoms with van der Waals surface area (Å²) in [6.07, 6.45) is 0. The minimum atomic E-state index is -0.262. The van der Waals surface area contributed by atoms with Crippen molar-refractivity contribution in [2.45, 2.75) is 19.5 Å². The molecule has 21 heavy (non-hydrogen) atoms.